The number of pyridine rings is 1. The van der Waals surface area contributed by atoms with Gasteiger partial charge < -0.3 is 10.1 Å². The van der Waals surface area contributed by atoms with Crippen molar-refractivity contribution in [3.05, 3.63) is 54.2 Å². The number of nitrogens with one attached hydrogen (secondary N) is 1. The third-order valence-electron chi connectivity index (χ3n) is 3.83. The van der Waals surface area contributed by atoms with Crippen molar-refractivity contribution >= 4 is 17.7 Å². The number of para-hydroxylation sites is 1. The topological polar surface area (TPSA) is 51.2 Å². The van der Waals surface area contributed by atoms with Crippen LogP contribution in [0.3, 0.4) is 0 Å². The molecule has 120 valence electrons. The Bertz CT molecular complexity index is 663. The van der Waals surface area contributed by atoms with Crippen molar-refractivity contribution in [3.63, 3.8) is 0 Å². The molecule has 1 N–H and O–H groups in total. The number of nitrogens with zero attached hydrogens (tertiary/aromatic N) is 1. The van der Waals surface area contributed by atoms with Gasteiger partial charge in [0.1, 0.15) is 5.75 Å². The van der Waals surface area contributed by atoms with Crippen molar-refractivity contribution < 1.29 is 9.53 Å². The maximum atomic E-state index is 12.2. The second kappa shape index (κ2) is 7.51. The minimum absolute atomic E-state index is 0.0412. The summed E-state index contributed by atoms with van der Waals surface area (Å²) in [4.78, 5) is 16.5. The Hall–Kier alpha value is -2.01. The van der Waals surface area contributed by atoms with Gasteiger partial charge in [0.25, 0.3) is 0 Å². The zero-order valence-electron chi connectivity index (χ0n) is 13.1. The Morgan fingerprint density at radius 1 is 1.35 bits per heavy atom. The number of thioether (sulfide) groups is 1. The minimum Gasteiger partial charge on any atom is -0.493 e. The van der Waals surface area contributed by atoms with Crippen molar-refractivity contribution in [2.45, 2.75) is 23.6 Å². The normalized spacial score (nSPS) is 17.7. The van der Waals surface area contributed by atoms with Gasteiger partial charge in [-0.25, -0.2) is 4.98 Å². The van der Waals surface area contributed by atoms with E-state index in [4.69, 9.17) is 4.74 Å². The van der Waals surface area contributed by atoms with Gasteiger partial charge in [-0.15, -0.1) is 0 Å². The molecule has 0 saturated carbocycles. The molecule has 5 heteroatoms. The molecule has 1 amide bonds. The van der Waals surface area contributed by atoms with Crippen LogP contribution < -0.4 is 10.1 Å². The molecule has 2 atom stereocenters. The highest BCUT2D eigenvalue weighted by molar-refractivity contribution is 8.00. The highest BCUT2D eigenvalue weighted by Crippen LogP contribution is 2.26. The molecule has 23 heavy (non-hydrogen) atoms. The van der Waals surface area contributed by atoms with Crippen molar-refractivity contribution in [2.24, 2.45) is 5.92 Å². The third kappa shape index (κ3) is 4.26. The van der Waals surface area contributed by atoms with Crippen LogP contribution in [0.25, 0.3) is 0 Å². The summed E-state index contributed by atoms with van der Waals surface area (Å²) in [6.07, 6.45) is 2.68. The molecule has 0 saturated heterocycles. The molecule has 2 unspecified atom stereocenters. The van der Waals surface area contributed by atoms with Crippen molar-refractivity contribution in [3.8, 4) is 5.75 Å². The Labute approximate surface area is 140 Å². The second-order valence-electron chi connectivity index (χ2n) is 5.66. The molecule has 0 bridgehead atoms. The van der Waals surface area contributed by atoms with E-state index in [1.807, 2.05) is 43.3 Å². The Balaban J connectivity index is 1.48. The first-order chi connectivity index (χ1) is 11.2. The summed E-state index contributed by atoms with van der Waals surface area (Å²) < 4.78 is 5.76. The van der Waals surface area contributed by atoms with Gasteiger partial charge in [0, 0.05) is 18.7 Å². The van der Waals surface area contributed by atoms with Crippen molar-refractivity contribution in [1.29, 1.82) is 0 Å². The molecule has 1 aromatic carbocycles. The summed E-state index contributed by atoms with van der Waals surface area (Å²) in [6, 6.07) is 13.8. The van der Waals surface area contributed by atoms with Gasteiger partial charge in [-0.2, -0.15) is 0 Å². The highest BCUT2D eigenvalue weighted by Gasteiger charge is 2.21. The van der Waals surface area contributed by atoms with Crippen LogP contribution >= 0.6 is 11.8 Å². The molecular formula is C18H20N2O2S. The monoisotopic (exact) mass is 328 g/mol. The number of ether oxygens (including phenoxy) is 1. The summed E-state index contributed by atoms with van der Waals surface area (Å²) in [7, 11) is 0. The maximum absolute atomic E-state index is 12.2. The molecule has 2 heterocycles. The van der Waals surface area contributed by atoms with E-state index >= 15 is 0 Å². The molecule has 0 fully saturated rings. The second-order valence-corrected chi connectivity index (χ2v) is 7.02. The number of rotatable bonds is 5. The predicted octanol–water partition coefficient (Wildman–Crippen LogP) is 2.93. The van der Waals surface area contributed by atoms with Gasteiger partial charge in [0.2, 0.25) is 5.91 Å². The molecule has 1 aliphatic rings. The smallest absolute Gasteiger partial charge is 0.233 e. The van der Waals surface area contributed by atoms with E-state index in [1.165, 1.54) is 17.3 Å². The fraction of sp³-hybridized carbons (Fsp3) is 0.333. The molecule has 2 aromatic rings. The number of aromatic nitrogens is 1. The van der Waals surface area contributed by atoms with E-state index in [1.54, 1.807) is 6.20 Å². The number of hydrogen-bond acceptors (Lipinski definition) is 4. The van der Waals surface area contributed by atoms with Gasteiger partial charge in [-0.3, -0.25) is 4.79 Å². The zero-order valence-corrected chi connectivity index (χ0v) is 13.9. The lowest BCUT2D eigenvalue weighted by atomic mass is 9.97. The van der Waals surface area contributed by atoms with Gasteiger partial charge in [0.05, 0.1) is 16.9 Å². The summed E-state index contributed by atoms with van der Waals surface area (Å²) >= 11 is 1.47. The Morgan fingerprint density at radius 3 is 3.00 bits per heavy atom. The summed E-state index contributed by atoms with van der Waals surface area (Å²) in [5.74, 6) is 1.33. The third-order valence-corrected chi connectivity index (χ3v) is 4.88. The van der Waals surface area contributed by atoms with Crippen molar-refractivity contribution in [1.82, 2.24) is 10.3 Å². The fourth-order valence-corrected chi connectivity index (χ4v) is 3.39. The molecule has 0 radical (unpaired) electrons. The standard InChI is InChI=1S/C18H20N2O2S/c1-13(23-17-8-4-5-9-19-17)18(21)20-11-14-10-15-6-2-3-7-16(15)22-12-14/h2-9,13-14H,10-12H2,1H3,(H,20,21). The van der Waals surface area contributed by atoms with E-state index in [0.29, 0.717) is 19.1 Å². The fourth-order valence-electron chi connectivity index (χ4n) is 2.56. The molecule has 3 rings (SSSR count). The highest BCUT2D eigenvalue weighted by atomic mass is 32.2. The van der Waals surface area contributed by atoms with Crippen molar-refractivity contribution in [2.75, 3.05) is 13.2 Å². The summed E-state index contributed by atoms with van der Waals surface area (Å²) in [5, 5.41) is 3.74. The molecule has 4 nitrogen and oxygen atoms in total. The van der Waals surface area contributed by atoms with Crippen LogP contribution in [0.1, 0.15) is 12.5 Å². The van der Waals surface area contributed by atoms with Gasteiger partial charge in [-0.1, -0.05) is 36.0 Å². The van der Waals surface area contributed by atoms with Gasteiger partial charge in [0.15, 0.2) is 0 Å². The van der Waals surface area contributed by atoms with E-state index in [2.05, 4.69) is 16.4 Å². The SMILES string of the molecule is CC(Sc1ccccn1)C(=O)NCC1COc2ccccc2C1. The lowest BCUT2D eigenvalue weighted by Gasteiger charge is -2.25. The molecular weight excluding hydrogens is 308 g/mol. The molecule has 0 spiro atoms. The quantitative estimate of drug-likeness (QED) is 0.858. The Kier molecular flexibility index (Phi) is 5.18. The zero-order chi connectivity index (χ0) is 16.1. The average Bonchev–Trinajstić information content (AvgIpc) is 2.60. The predicted molar refractivity (Wildman–Crippen MR) is 91.7 cm³/mol. The number of carbonyl (C=O) groups excluding carboxylic acids is 1. The first-order valence-corrected chi connectivity index (χ1v) is 8.66. The lowest BCUT2D eigenvalue weighted by Crippen LogP contribution is -2.38. The first-order valence-electron chi connectivity index (χ1n) is 7.78. The number of amides is 1. The first kappa shape index (κ1) is 15.9. The van der Waals surface area contributed by atoms with Crippen LogP contribution in [0.5, 0.6) is 5.75 Å². The summed E-state index contributed by atoms with van der Waals surface area (Å²) in [6.45, 7) is 3.20. The van der Waals surface area contributed by atoms with E-state index in [0.717, 1.165) is 17.2 Å². The molecule has 1 aliphatic heterocycles. The average molecular weight is 328 g/mol. The number of carbonyl (C=O) groups is 1. The van der Waals surface area contributed by atoms with Gasteiger partial charge in [-0.05, 0) is 37.1 Å². The number of benzene rings is 1. The number of hydrogen-bond donors (Lipinski definition) is 1. The van der Waals surface area contributed by atoms with Crippen LogP contribution in [0.15, 0.2) is 53.7 Å². The molecule has 1 aromatic heterocycles. The van der Waals surface area contributed by atoms with Crippen LogP contribution in [0, 0.1) is 5.92 Å². The van der Waals surface area contributed by atoms with E-state index < -0.39 is 0 Å². The van der Waals surface area contributed by atoms with E-state index in [9.17, 15) is 4.79 Å². The van der Waals surface area contributed by atoms with Gasteiger partial charge >= 0.3 is 0 Å². The maximum Gasteiger partial charge on any atom is 0.233 e. The minimum atomic E-state index is -0.165. The Morgan fingerprint density at radius 2 is 2.17 bits per heavy atom. The summed E-state index contributed by atoms with van der Waals surface area (Å²) in [5.41, 5.74) is 1.22. The molecule has 0 aliphatic carbocycles. The lowest BCUT2D eigenvalue weighted by molar-refractivity contribution is -0.120. The van der Waals surface area contributed by atoms with Crippen LogP contribution in [-0.2, 0) is 11.2 Å². The number of fused-ring (bicyclic) bond motifs is 1. The van der Waals surface area contributed by atoms with Crippen LogP contribution in [0.4, 0.5) is 0 Å². The van der Waals surface area contributed by atoms with E-state index in [-0.39, 0.29) is 11.2 Å². The largest absolute Gasteiger partial charge is 0.493 e. The van der Waals surface area contributed by atoms with Crippen LogP contribution in [-0.4, -0.2) is 29.3 Å². The van der Waals surface area contributed by atoms with Crippen LogP contribution in [0.2, 0.25) is 0 Å².